The van der Waals surface area contributed by atoms with Crippen LogP contribution in [0.3, 0.4) is 0 Å². The predicted molar refractivity (Wildman–Crippen MR) is 57.9 cm³/mol. The summed E-state index contributed by atoms with van der Waals surface area (Å²) < 4.78 is 5.58. The molecule has 0 aromatic rings. The average molecular weight is 268 g/mol. The van der Waals surface area contributed by atoms with E-state index < -0.39 is 21.4 Å². The molecule has 0 atom stereocenters. The quantitative estimate of drug-likeness (QED) is 0.675. The van der Waals surface area contributed by atoms with Crippen molar-refractivity contribution in [2.24, 2.45) is 0 Å². The van der Waals surface area contributed by atoms with Crippen LogP contribution in [-0.4, -0.2) is 21.4 Å². The van der Waals surface area contributed by atoms with Crippen molar-refractivity contribution in [1.29, 1.82) is 0 Å². The summed E-state index contributed by atoms with van der Waals surface area (Å²) in [5.74, 6) is 0. The van der Waals surface area contributed by atoms with Gasteiger partial charge in [0.25, 0.3) is 0 Å². The van der Waals surface area contributed by atoms with Crippen molar-refractivity contribution in [2.45, 2.75) is 53.3 Å². The molecule has 0 saturated carbocycles. The Morgan fingerprint density at radius 1 is 0.750 bits per heavy atom. The van der Waals surface area contributed by atoms with Crippen molar-refractivity contribution in [3.63, 3.8) is 0 Å². The molecule has 12 heavy (non-hydrogen) atoms. The molecule has 1 heterocycles. The Morgan fingerprint density at radius 3 is 1.58 bits per heavy atom. The Morgan fingerprint density at radius 2 is 1.17 bits per heavy atom. The molecular weight excluding hydrogens is 247 g/mol. The van der Waals surface area contributed by atoms with Crippen LogP contribution in [-0.2, 0) is 0 Å². The summed E-state index contributed by atoms with van der Waals surface area (Å²) in [7, 11) is 0. The predicted octanol–water partition coefficient (Wildman–Crippen LogP) is 3.95. The first-order valence-corrected chi connectivity index (χ1v) is 12.1. The maximum atomic E-state index is 4.00. The molecule has 0 aromatic heterocycles. The molecule has 1 aliphatic heterocycles. The molecule has 0 radical (unpaired) electrons. The number of rotatable bonds is 1. The molecule has 1 fully saturated rings. The standard InChI is InChI=1S/C9H18.C2H3.In/c1-3-5-7-9-8-6-4-2;1-2;/h1-9H2;1H,2H2;. The van der Waals surface area contributed by atoms with Crippen LogP contribution in [0.4, 0.5) is 0 Å². The van der Waals surface area contributed by atoms with Crippen molar-refractivity contribution < 1.29 is 0 Å². The van der Waals surface area contributed by atoms with Gasteiger partial charge in [-0.3, -0.25) is 0 Å². The molecule has 0 nitrogen and oxygen atoms in total. The SMILES string of the molecule is C=[CH][In]1[CH2]CCCCCCC[CH2]1. The average Bonchev–Trinajstić information content (AvgIpc) is 2.14. The molecule has 0 unspecified atom stereocenters. The normalized spacial score (nSPS) is 21.8. The van der Waals surface area contributed by atoms with Gasteiger partial charge in [-0.2, -0.15) is 0 Å². The summed E-state index contributed by atoms with van der Waals surface area (Å²) in [4.78, 5) is 0. The molecule has 68 valence electrons. The van der Waals surface area contributed by atoms with E-state index in [-0.39, 0.29) is 0 Å². The topological polar surface area (TPSA) is 0 Å². The Balaban J connectivity index is 2.21. The van der Waals surface area contributed by atoms with E-state index in [2.05, 4.69) is 10.4 Å². The third-order valence-electron chi connectivity index (χ3n) is 2.98. The molecule has 0 spiro atoms. The molecular formula is C11H21In. The van der Waals surface area contributed by atoms with Crippen molar-refractivity contribution in [3.8, 4) is 0 Å². The van der Waals surface area contributed by atoms with Gasteiger partial charge in [0.1, 0.15) is 0 Å². The van der Waals surface area contributed by atoms with Crippen molar-refractivity contribution in [3.05, 3.63) is 10.4 Å². The van der Waals surface area contributed by atoms with Gasteiger partial charge < -0.3 is 0 Å². The van der Waals surface area contributed by atoms with Crippen LogP contribution in [0.2, 0.25) is 8.35 Å². The van der Waals surface area contributed by atoms with Gasteiger partial charge in [0.05, 0.1) is 0 Å². The molecule has 1 saturated heterocycles. The van der Waals surface area contributed by atoms with Gasteiger partial charge in [-0.25, -0.2) is 0 Å². The van der Waals surface area contributed by atoms with E-state index in [4.69, 9.17) is 0 Å². The van der Waals surface area contributed by atoms with Gasteiger partial charge in [0.2, 0.25) is 0 Å². The van der Waals surface area contributed by atoms with E-state index in [0.717, 1.165) is 0 Å². The van der Waals surface area contributed by atoms with Crippen LogP contribution >= 0.6 is 0 Å². The first-order valence-electron chi connectivity index (χ1n) is 5.56. The van der Waals surface area contributed by atoms with Crippen molar-refractivity contribution in [2.75, 3.05) is 0 Å². The Bertz CT molecular complexity index is 110. The summed E-state index contributed by atoms with van der Waals surface area (Å²) in [6.07, 6.45) is 10.5. The summed E-state index contributed by atoms with van der Waals surface area (Å²) in [5.41, 5.74) is 0. The first kappa shape index (κ1) is 10.7. The van der Waals surface area contributed by atoms with Gasteiger partial charge in [-0.15, -0.1) is 0 Å². The van der Waals surface area contributed by atoms with Crippen LogP contribution in [0.5, 0.6) is 0 Å². The Kier molecular flexibility index (Phi) is 6.29. The van der Waals surface area contributed by atoms with Gasteiger partial charge in [0, 0.05) is 0 Å². The van der Waals surface area contributed by atoms with Gasteiger partial charge >= 0.3 is 85.1 Å². The van der Waals surface area contributed by atoms with E-state index >= 15 is 0 Å². The second-order valence-electron chi connectivity index (χ2n) is 4.05. The van der Waals surface area contributed by atoms with Gasteiger partial charge in [-0.1, -0.05) is 0 Å². The zero-order valence-corrected chi connectivity index (χ0v) is 11.5. The number of hydrogen-bond donors (Lipinski definition) is 0. The monoisotopic (exact) mass is 268 g/mol. The fraction of sp³-hybridized carbons (Fsp3) is 0.818. The van der Waals surface area contributed by atoms with Crippen LogP contribution < -0.4 is 0 Å². The fourth-order valence-corrected chi connectivity index (χ4v) is 8.89. The Labute approximate surface area is 85.0 Å². The fourth-order valence-electron chi connectivity index (χ4n) is 2.08. The third kappa shape index (κ3) is 4.59. The minimum absolute atomic E-state index is 1.12. The summed E-state index contributed by atoms with van der Waals surface area (Å²) in [5, 5.41) is 0. The van der Waals surface area contributed by atoms with E-state index in [0.29, 0.717) is 0 Å². The summed E-state index contributed by atoms with van der Waals surface area (Å²) >= 11 is -1.12. The number of hydrogen-bond acceptors (Lipinski definition) is 0. The second kappa shape index (κ2) is 7.06. The van der Waals surface area contributed by atoms with E-state index in [1.807, 2.05) is 0 Å². The van der Waals surface area contributed by atoms with Gasteiger partial charge in [-0.05, 0) is 0 Å². The van der Waals surface area contributed by atoms with Crippen molar-refractivity contribution in [1.82, 2.24) is 0 Å². The second-order valence-corrected chi connectivity index (χ2v) is 13.0. The molecule has 0 aliphatic carbocycles. The zero-order chi connectivity index (χ0) is 8.65. The summed E-state index contributed by atoms with van der Waals surface area (Å²) in [6.45, 7) is 4.00. The maximum absolute atomic E-state index is 4.00. The van der Waals surface area contributed by atoms with Crippen LogP contribution in [0, 0.1) is 0 Å². The van der Waals surface area contributed by atoms with Crippen LogP contribution in [0.25, 0.3) is 0 Å². The Hall–Kier alpha value is 0.610. The minimum atomic E-state index is -1.12. The first-order chi connectivity index (χ1) is 5.93. The van der Waals surface area contributed by atoms with Crippen LogP contribution in [0.1, 0.15) is 44.9 Å². The summed E-state index contributed by atoms with van der Waals surface area (Å²) in [6, 6.07) is 0. The van der Waals surface area contributed by atoms with E-state index in [1.165, 1.54) is 44.9 Å². The van der Waals surface area contributed by atoms with Crippen LogP contribution in [0.15, 0.2) is 10.4 Å². The van der Waals surface area contributed by atoms with E-state index in [9.17, 15) is 0 Å². The molecule has 0 aromatic carbocycles. The molecule has 0 bridgehead atoms. The molecule has 0 N–H and O–H groups in total. The third-order valence-corrected chi connectivity index (χ3v) is 11.4. The zero-order valence-electron chi connectivity index (χ0n) is 8.23. The molecule has 1 heteroatoms. The van der Waals surface area contributed by atoms with Crippen molar-refractivity contribution >= 4 is 21.4 Å². The van der Waals surface area contributed by atoms with Gasteiger partial charge in [0.15, 0.2) is 0 Å². The van der Waals surface area contributed by atoms with E-state index in [1.54, 1.807) is 8.35 Å². The molecule has 1 aliphatic rings. The molecule has 1 rings (SSSR count). The molecule has 0 amide bonds.